The van der Waals surface area contributed by atoms with E-state index in [2.05, 4.69) is 4.90 Å². The Kier molecular flexibility index (Phi) is 5.08. The largest absolute Gasteiger partial charge is 0.450 e. The van der Waals surface area contributed by atoms with E-state index in [1.807, 2.05) is 31.2 Å². The van der Waals surface area contributed by atoms with Gasteiger partial charge in [-0.15, -0.1) is 0 Å². The van der Waals surface area contributed by atoms with Gasteiger partial charge in [0.15, 0.2) is 5.43 Å². The van der Waals surface area contributed by atoms with Gasteiger partial charge in [0.05, 0.1) is 30.2 Å². The van der Waals surface area contributed by atoms with Crippen molar-refractivity contribution in [3.8, 4) is 0 Å². The number of rotatable bonds is 4. The number of aryl methyl sites for hydroxylation is 1. The highest BCUT2D eigenvalue weighted by Gasteiger charge is 2.42. The molecule has 0 spiro atoms. The van der Waals surface area contributed by atoms with Crippen LogP contribution in [0.4, 0.5) is 4.39 Å². The Balaban J connectivity index is 1.60. The Morgan fingerprint density at radius 2 is 1.77 bits per heavy atom. The van der Waals surface area contributed by atoms with Crippen molar-refractivity contribution < 1.29 is 18.3 Å². The van der Waals surface area contributed by atoms with Crippen molar-refractivity contribution in [1.82, 2.24) is 9.80 Å². The molecule has 5 rings (SSSR count). The number of ether oxygens (including phenoxy) is 1. The van der Waals surface area contributed by atoms with Crippen LogP contribution in [-0.2, 0) is 4.74 Å². The maximum atomic E-state index is 13.8. The topological polar surface area (TPSA) is 63.0 Å². The van der Waals surface area contributed by atoms with E-state index in [4.69, 9.17) is 9.15 Å². The lowest BCUT2D eigenvalue weighted by Crippen LogP contribution is -2.42. The zero-order valence-corrected chi connectivity index (χ0v) is 17.3. The zero-order valence-electron chi connectivity index (χ0n) is 17.3. The van der Waals surface area contributed by atoms with Crippen LogP contribution in [0.2, 0.25) is 0 Å². The third kappa shape index (κ3) is 3.54. The Hall–Kier alpha value is -3.03. The van der Waals surface area contributed by atoms with Crippen LogP contribution >= 0.6 is 0 Å². The van der Waals surface area contributed by atoms with E-state index in [9.17, 15) is 14.0 Å². The Morgan fingerprint density at radius 1 is 1.03 bits per heavy atom. The Labute approximate surface area is 178 Å². The first kappa shape index (κ1) is 19.9. The van der Waals surface area contributed by atoms with E-state index in [0.717, 1.165) is 24.2 Å². The monoisotopic (exact) mass is 422 g/mol. The number of morpholine rings is 1. The predicted octanol–water partition coefficient (Wildman–Crippen LogP) is 3.12. The third-order valence-corrected chi connectivity index (χ3v) is 6.08. The van der Waals surface area contributed by atoms with Crippen LogP contribution in [0.5, 0.6) is 0 Å². The van der Waals surface area contributed by atoms with Crippen molar-refractivity contribution in [2.75, 3.05) is 39.4 Å². The minimum absolute atomic E-state index is 0.0525. The molecule has 0 N–H and O–H groups in total. The minimum Gasteiger partial charge on any atom is -0.450 e. The second kappa shape index (κ2) is 7.90. The third-order valence-electron chi connectivity index (χ3n) is 6.08. The van der Waals surface area contributed by atoms with E-state index in [-0.39, 0.29) is 33.6 Å². The van der Waals surface area contributed by atoms with Crippen LogP contribution in [0.1, 0.15) is 33.3 Å². The molecule has 2 aliphatic heterocycles. The normalized spacial score (nSPS) is 19.2. The molecule has 0 aliphatic carbocycles. The number of carbonyl (C=O) groups is 1. The molecule has 7 heteroatoms. The van der Waals surface area contributed by atoms with Crippen LogP contribution in [0.15, 0.2) is 51.7 Å². The molecule has 0 radical (unpaired) electrons. The van der Waals surface area contributed by atoms with Crippen molar-refractivity contribution in [2.45, 2.75) is 13.0 Å². The van der Waals surface area contributed by atoms with Crippen molar-refractivity contribution in [1.29, 1.82) is 0 Å². The van der Waals surface area contributed by atoms with Gasteiger partial charge in [0.25, 0.3) is 5.91 Å². The molecule has 3 heterocycles. The molecule has 0 bridgehead atoms. The van der Waals surface area contributed by atoms with Crippen molar-refractivity contribution in [3.63, 3.8) is 0 Å². The summed E-state index contributed by atoms with van der Waals surface area (Å²) in [4.78, 5) is 30.7. The quantitative estimate of drug-likeness (QED) is 0.647. The number of carbonyl (C=O) groups excluding carboxylic acids is 1. The lowest BCUT2D eigenvalue weighted by Gasteiger charge is -2.31. The molecule has 3 aromatic rings. The lowest BCUT2D eigenvalue weighted by molar-refractivity contribution is 0.0314. The molecule has 0 saturated carbocycles. The Morgan fingerprint density at radius 3 is 2.52 bits per heavy atom. The summed E-state index contributed by atoms with van der Waals surface area (Å²) in [6.45, 7) is 6.08. The van der Waals surface area contributed by atoms with Gasteiger partial charge in [0, 0.05) is 26.2 Å². The summed E-state index contributed by atoms with van der Waals surface area (Å²) in [6, 6.07) is 11.0. The molecule has 1 atom stereocenters. The van der Waals surface area contributed by atoms with Crippen molar-refractivity contribution in [3.05, 3.63) is 81.0 Å². The Bertz CT molecular complexity index is 1200. The van der Waals surface area contributed by atoms with E-state index < -0.39 is 11.9 Å². The molecular weight excluding hydrogens is 399 g/mol. The first-order chi connectivity index (χ1) is 15.0. The van der Waals surface area contributed by atoms with Gasteiger partial charge in [0.2, 0.25) is 5.76 Å². The highest BCUT2D eigenvalue weighted by Crippen LogP contribution is 2.38. The van der Waals surface area contributed by atoms with Crippen LogP contribution < -0.4 is 5.43 Å². The van der Waals surface area contributed by atoms with Gasteiger partial charge in [-0.05, 0) is 30.7 Å². The van der Waals surface area contributed by atoms with Crippen molar-refractivity contribution >= 4 is 16.9 Å². The standard InChI is InChI=1S/C24H23FN2O4/c1-15-2-4-16(5-3-15)21-20-22(28)18-14-17(25)6-7-19(18)31-23(20)24(29)27(21)9-8-26-10-12-30-13-11-26/h2-7,14,21H,8-13H2,1H3/t21-/m0/s1. The summed E-state index contributed by atoms with van der Waals surface area (Å²) in [5.41, 5.74) is 2.07. The molecule has 6 nitrogen and oxygen atoms in total. The van der Waals surface area contributed by atoms with Crippen LogP contribution in [0, 0.1) is 12.7 Å². The fourth-order valence-electron chi connectivity index (χ4n) is 4.39. The van der Waals surface area contributed by atoms with Crippen LogP contribution in [0.3, 0.4) is 0 Å². The summed E-state index contributed by atoms with van der Waals surface area (Å²) in [5, 5.41) is 0.152. The van der Waals surface area contributed by atoms with E-state index in [1.54, 1.807) is 4.90 Å². The van der Waals surface area contributed by atoms with Gasteiger partial charge in [-0.1, -0.05) is 29.8 Å². The minimum atomic E-state index is -0.562. The molecule has 1 amide bonds. The molecular formula is C24H23FN2O4. The van der Waals surface area contributed by atoms with E-state index in [0.29, 0.717) is 26.3 Å². The number of benzene rings is 2. The number of hydrogen-bond donors (Lipinski definition) is 0. The fourth-order valence-corrected chi connectivity index (χ4v) is 4.39. The number of hydrogen-bond acceptors (Lipinski definition) is 5. The summed E-state index contributed by atoms with van der Waals surface area (Å²) in [5.74, 6) is -0.769. The highest BCUT2D eigenvalue weighted by molar-refractivity contribution is 5.99. The lowest BCUT2D eigenvalue weighted by atomic mass is 9.97. The molecule has 31 heavy (non-hydrogen) atoms. The molecule has 2 aromatic carbocycles. The molecule has 160 valence electrons. The van der Waals surface area contributed by atoms with Gasteiger partial charge in [0.1, 0.15) is 11.4 Å². The zero-order chi connectivity index (χ0) is 21.5. The summed E-state index contributed by atoms with van der Waals surface area (Å²) in [7, 11) is 0. The molecule has 1 fully saturated rings. The summed E-state index contributed by atoms with van der Waals surface area (Å²) < 4.78 is 25.1. The van der Waals surface area contributed by atoms with E-state index >= 15 is 0 Å². The molecule has 1 aromatic heterocycles. The smallest absolute Gasteiger partial charge is 0.290 e. The van der Waals surface area contributed by atoms with E-state index in [1.165, 1.54) is 18.2 Å². The fraction of sp³-hybridized carbons (Fsp3) is 0.333. The number of halogens is 1. The second-order valence-electron chi connectivity index (χ2n) is 8.08. The van der Waals surface area contributed by atoms with Gasteiger partial charge in [-0.2, -0.15) is 0 Å². The average molecular weight is 422 g/mol. The second-order valence-corrected chi connectivity index (χ2v) is 8.08. The number of fused-ring (bicyclic) bond motifs is 2. The van der Waals surface area contributed by atoms with Crippen LogP contribution in [-0.4, -0.2) is 55.1 Å². The number of amides is 1. The molecule has 0 unspecified atom stereocenters. The SMILES string of the molecule is Cc1ccc([C@H]2c3c(oc4ccc(F)cc4c3=O)C(=O)N2CCN2CCOCC2)cc1. The molecule has 2 aliphatic rings. The van der Waals surface area contributed by atoms with Gasteiger partial charge >= 0.3 is 0 Å². The van der Waals surface area contributed by atoms with Gasteiger partial charge in [-0.25, -0.2) is 4.39 Å². The average Bonchev–Trinajstić information content (AvgIpc) is 3.06. The maximum absolute atomic E-state index is 13.8. The maximum Gasteiger partial charge on any atom is 0.290 e. The summed E-state index contributed by atoms with van der Waals surface area (Å²) >= 11 is 0. The van der Waals surface area contributed by atoms with Crippen LogP contribution in [0.25, 0.3) is 11.0 Å². The first-order valence-electron chi connectivity index (χ1n) is 10.5. The van der Waals surface area contributed by atoms with Gasteiger partial charge < -0.3 is 14.1 Å². The predicted molar refractivity (Wildman–Crippen MR) is 114 cm³/mol. The molecule has 1 saturated heterocycles. The van der Waals surface area contributed by atoms with Crippen molar-refractivity contribution in [2.24, 2.45) is 0 Å². The summed E-state index contributed by atoms with van der Waals surface area (Å²) in [6.07, 6.45) is 0. The van der Waals surface area contributed by atoms with Gasteiger partial charge in [-0.3, -0.25) is 14.5 Å². The first-order valence-corrected chi connectivity index (χ1v) is 10.5. The number of nitrogens with zero attached hydrogens (tertiary/aromatic N) is 2. The highest BCUT2D eigenvalue weighted by atomic mass is 19.1.